The fourth-order valence-electron chi connectivity index (χ4n) is 0.800. The number of rotatable bonds is 2. The van der Waals surface area contributed by atoms with E-state index in [0.717, 1.165) is 0 Å². The molecule has 1 aromatic rings. The lowest BCUT2D eigenvalue weighted by molar-refractivity contribution is 0.0943. The summed E-state index contributed by atoms with van der Waals surface area (Å²) in [7, 11) is 0. The molecule has 1 atom stereocenters. The van der Waals surface area contributed by atoms with Gasteiger partial charge in [-0.05, 0) is 19.1 Å². The van der Waals surface area contributed by atoms with Crippen molar-refractivity contribution in [1.29, 1.82) is 5.26 Å². The Labute approximate surface area is 76.2 Å². The van der Waals surface area contributed by atoms with E-state index in [1.807, 2.05) is 6.07 Å². The van der Waals surface area contributed by atoms with Crippen LogP contribution in [0.2, 0.25) is 0 Å². The number of nitriles is 1. The molecule has 0 saturated heterocycles. The molecule has 1 rings (SSSR count). The molecule has 0 bridgehead atoms. The fourth-order valence-corrected chi connectivity index (χ4v) is 0.800. The molecule has 4 nitrogen and oxygen atoms in total. The first-order chi connectivity index (χ1) is 6.24. The molecule has 0 aliphatic rings. The third kappa shape index (κ3) is 2.56. The first kappa shape index (κ1) is 9.20. The van der Waals surface area contributed by atoms with E-state index >= 15 is 0 Å². The minimum atomic E-state index is -0.491. The highest BCUT2D eigenvalue weighted by atomic mass is 16.1. The molecule has 1 aromatic heterocycles. The highest BCUT2D eigenvalue weighted by Gasteiger charge is 2.08. The Hall–Kier alpha value is -1.89. The monoisotopic (exact) mass is 175 g/mol. The number of aromatic nitrogens is 1. The second kappa shape index (κ2) is 4.21. The van der Waals surface area contributed by atoms with E-state index in [1.54, 1.807) is 25.1 Å². The molecule has 1 amide bonds. The van der Waals surface area contributed by atoms with Gasteiger partial charge < -0.3 is 5.32 Å². The molecule has 1 unspecified atom stereocenters. The number of pyridine rings is 1. The summed E-state index contributed by atoms with van der Waals surface area (Å²) in [5.41, 5.74) is 0.324. The van der Waals surface area contributed by atoms with Gasteiger partial charge in [-0.3, -0.25) is 9.78 Å². The summed E-state index contributed by atoms with van der Waals surface area (Å²) in [6.07, 6.45) is 1.53. The van der Waals surface area contributed by atoms with Crippen molar-refractivity contribution in [2.24, 2.45) is 0 Å². The molecule has 66 valence electrons. The van der Waals surface area contributed by atoms with Crippen LogP contribution in [-0.4, -0.2) is 16.9 Å². The third-order valence-corrected chi connectivity index (χ3v) is 1.44. The molecule has 0 fully saturated rings. The standard InChI is InChI=1S/C9H9N3O/c1-7(6-10)12-9(13)8-4-2-3-5-11-8/h2-5,7H,1H3,(H,12,13). The Morgan fingerprint density at radius 2 is 2.46 bits per heavy atom. The van der Waals surface area contributed by atoms with E-state index < -0.39 is 6.04 Å². The quantitative estimate of drug-likeness (QED) is 0.720. The van der Waals surface area contributed by atoms with Crippen molar-refractivity contribution in [3.05, 3.63) is 30.1 Å². The van der Waals surface area contributed by atoms with Crippen molar-refractivity contribution in [3.63, 3.8) is 0 Å². The molecular formula is C9H9N3O. The number of carbonyl (C=O) groups is 1. The van der Waals surface area contributed by atoms with Crippen molar-refractivity contribution in [3.8, 4) is 6.07 Å². The van der Waals surface area contributed by atoms with Gasteiger partial charge in [-0.1, -0.05) is 6.07 Å². The van der Waals surface area contributed by atoms with E-state index in [2.05, 4.69) is 10.3 Å². The van der Waals surface area contributed by atoms with Gasteiger partial charge >= 0.3 is 0 Å². The topological polar surface area (TPSA) is 65.8 Å². The van der Waals surface area contributed by atoms with E-state index in [0.29, 0.717) is 5.69 Å². The van der Waals surface area contributed by atoms with E-state index in [1.165, 1.54) is 6.20 Å². The average molecular weight is 175 g/mol. The van der Waals surface area contributed by atoms with Crippen LogP contribution >= 0.6 is 0 Å². The molecule has 1 heterocycles. The van der Waals surface area contributed by atoms with Gasteiger partial charge in [0.05, 0.1) is 6.07 Å². The molecule has 0 saturated carbocycles. The van der Waals surface area contributed by atoms with Crippen LogP contribution in [0, 0.1) is 11.3 Å². The summed E-state index contributed by atoms with van der Waals surface area (Å²) in [6.45, 7) is 1.61. The van der Waals surface area contributed by atoms with Crippen molar-refractivity contribution in [1.82, 2.24) is 10.3 Å². The van der Waals surface area contributed by atoms with Gasteiger partial charge in [0.25, 0.3) is 5.91 Å². The summed E-state index contributed by atoms with van der Waals surface area (Å²) in [6, 6.07) is 6.46. The molecule has 0 aliphatic heterocycles. The molecule has 4 heteroatoms. The highest BCUT2D eigenvalue weighted by Crippen LogP contribution is 1.93. The lowest BCUT2D eigenvalue weighted by Crippen LogP contribution is -2.31. The van der Waals surface area contributed by atoms with Crippen LogP contribution in [0.1, 0.15) is 17.4 Å². The molecule has 0 radical (unpaired) electrons. The first-order valence-corrected chi connectivity index (χ1v) is 3.85. The summed E-state index contributed by atoms with van der Waals surface area (Å²) >= 11 is 0. The smallest absolute Gasteiger partial charge is 0.270 e. The highest BCUT2D eigenvalue weighted by molar-refractivity contribution is 5.92. The minimum Gasteiger partial charge on any atom is -0.335 e. The van der Waals surface area contributed by atoms with E-state index in [9.17, 15) is 4.79 Å². The predicted molar refractivity (Wildman–Crippen MR) is 46.8 cm³/mol. The van der Waals surface area contributed by atoms with Gasteiger partial charge in [0.1, 0.15) is 11.7 Å². The molecule has 0 aliphatic carbocycles. The summed E-state index contributed by atoms with van der Waals surface area (Å²) in [5.74, 6) is -0.324. The second-order valence-corrected chi connectivity index (χ2v) is 2.54. The van der Waals surface area contributed by atoms with Gasteiger partial charge in [-0.2, -0.15) is 5.26 Å². The zero-order valence-corrected chi connectivity index (χ0v) is 7.19. The van der Waals surface area contributed by atoms with Gasteiger partial charge in [-0.15, -0.1) is 0 Å². The molecule has 0 aromatic carbocycles. The van der Waals surface area contributed by atoms with Crippen LogP contribution in [0.25, 0.3) is 0 Å². The summed E-state index contributed by atoms with van der Waals surface area (Å²) < 4.78 is 0. The summed E-state index contributed by atoms with van der Waals surface area (Å²) in [5, 5.41) is 10.9. The van der Waals surface area contributed by atoms with Gasteiger partial charge in [0.15, 0.2) is 0 Å². The molecular weight excluding hydrogens is 166 g/mol. The Morgan fingerprint density at radius 1 is 1.69 bits per heavy atom. The molecule has 0 spiro atoms. The summed E-state index contributed by atoms with van der Waals surface area (Å²) in [4.78, 5) is 15.1. The molecule has 13 heavy (non-hydrogen) atoms. The van der Waals surface area contributed by atoms with E-state index in [-0.39, 0.29) is 5.91 Å². The number of hydrogen-bond acceptors (Lipinski definition) is 3. The number of amides is 1. The maximum atomic E-state index is 11.3. The van der Waals surface area contributed by atoms with Gasteiger partial charge in [0, 0.05) is 6.20 Å². The number of hydrogen-bond donors (Lipinski definition) is 1. The Kier molecular flexibility index (Phi) is 2.98. The normalized spacial score (nSPS) is 11.4. The van der Waals surface area contributed by atoms with Crippen LogP contribution in [0.5, 0.6) is 0 Å². The van der Waals surface area contributed by atoms with Gasteiger partial charge in [0.2, 0.25) is 0 Å². The lowest BCUT2D eigenvalue weighted by Gasteiger charge is -2.04. The minimum absolute atomic E-state index is 0.324. The Bertz CT molecular complexity index is 328. The number of nitrogens with one attached hydrogen (secondary N) is 1. The predicted octanol–water partition coefficient (Wildman–Crippen LogP) is 0.723. The van der Waals surface area contributed by atoms with E-state index in [4.69, 9.17) is 5.26 Å². The Balaban J connectivity index is 2.66. The zero-order chi connectivity index (χ0) is 9.68. The Morgan fingerprint density at radius 3 is 3.00 bits per heavy atom. The number of carbonyl (C=O) groups excluding carboxylic acids is 1. The van der Waals surface area contributed by atoms with Crippen molar-refractivity contribution >= 4 is 5.91 Å². The largest absolute Gasteiger partial charge is 0.335 e. The maximum Gasteiger partial charge on any atom is 0.270 e. The maximum absolute atomic E-state index is 11.3. The average Bonchev–Trinajstić information content (AvgIpc) is 2.19. The zero-order valence-electron chi connectivity index (χ0n) is 7.19. The second-order valence-electron chi connectivity index (χ2n) is 2.54. The third-order valence-electron chi connectivity index (χ3n) is 1.44. The fraction of sp³-hybridized carbons (Fsp3) is 0.222. The van der Waals surface area contributed by atoms with Crippen LogP contribution < -0.4 is 5.32 Å². The van der Waals surface area contributed by atoms with Crippen LogP contribution in [-0.2, 0) is 0 Å². The SMILES string of the molecule is CC(C#N)NC(=O)c1ccccn1. The van der Waals surface area contributed by atoms with Crippen LogP contribution in [0.3, 0.4) is 0 Å². The van der Waals surface area contributed by atoms with Crippen LogP contribution in [0.15, 0.2) is 24.4 Å². The van der Waals surface area contributed by atoms with Gasteiger partial charge in [-0.25, -0.2) is 0 Å². The lowest BCUT2D eigenvalue weighted by atomic mass is 10.3. The van der Waals surface area contributed by atoms with Crippen molar-refractivity contribution < 1.29 is 4.79 Å². The van der Waals surface area contributed by atoms with Crippen molar-refractivity contribution in [2.75, 3.05) is 0 Å². The van der Waals surface area contributed by atoms with Crippen molar-refractivity contribution in [2.45, 2.75) is 13.0 Å². The van der Waals surface area contributed by atoms with Crippen LogP contribution in [0.4, 0.5) is 0 Å². The first-order valence-electron chi connectivity index (χ1n) is 3.85. The number of nitrogens with zero attached hydrogens (tertiary/aromatic N) is 2. The molecule has 1 N–H and O–H groups in total.